The molecule has 1 aliphatic heterocycles. The van der Waals surface area contributed by atoms with Gasteiger partial charge in [-0.15, -0.1) is 0 Å². The Morgan fingerprint density at radius 2 is 1.06 bits per heavy atom. The van der Waals surface area contributed by atoms with E-state index in [2.05, 4.69) is 79.5 Å². The zero-order valence-corrected chi connectivity index (χ0v) is 33.3. The number of rotatable bonds is 32. The zero-order chi connectivity index (χ0) is 36.0. The number of Topliss-reactive ketones (excluding diaryl/α,β-unsaturated/α-hetero) is 1. The van der Waals surface area contributed by atoms with Crippen molar-refractivity contribution in [3.05, 3.63) is 60.8 Å². The highest BCUT2D eigenvalue weighted by Crippen LogP contribution is 2.46. The van der Waals surface area contributed by atoms with E-state index >= 15 is 0 Å². The van der Waals surface area contributed by atoms with Gasteiger partial charge in [-0.2, -0.15) is 0 Å². The number of carbonyl (C=O) groups is 1. The molecule has 0 radical (unpaired) electrons. The maximum atomic E-state index is 12.6. The summed E-state index contributed by atoms with van der Waals surface area (Å²) in [5.41, 5.74) is 0. The van der Waals surface area contributed by atoms with Gasteiger partial charge in [0, 0.05) is 32.2 Å². The molecular formula is C46H79NO3. The highest BCUT2D eigenvalue weighted by molar-refractivity contribution is 5.78. The first-order chi connectivity index (χ1) is 24.5. The van der Waals surface area contributed by atoms with Gasteiger partial charge >= 0.3 is 0 Å². The standard InChI is InChI=1S/C46H79NO3/c1-5-7-9-11-13-15-17-19-21-23-25-27-29-31-33-36-46(37-34-32-30-28-26-24-22-20-18-16-14-12-10-8-6-2)49-44-40-42(41-45(44)50-46)39-43(48)35-38-47(3)4/h5,7,11-14,17-20,42,44-45H,6,8-10,15-16,21-41H2,1-4H3/b7-5-,13-11-,14-12-,19-17-,20-18-/t42?,44-,45+,46?. The van der Waals surface area contributed by atoms with Crippen molar-refractivity contribution in [2.45, 2.75) is 199 Å². The summed E-state index contributed by atoms with van der Waals surface area (Å²) in [6, 6.07) is 0. The molecule has 4 atom stereocenters. The van der Waals surface area contributed by atoms with E-state index in [1.54, 1.807) is 0 Å². The minimum Gasteiger partial charge on any atom is -0.344 e. The van der Waals surface area contributed by atoms with Crippen LogP contribution in [0.5, 0.6) is 0 Å². The van der Waals surface area contributed by atoms with E-state index in [1.165, 1.54) is 109 Å². The van der Waals surface area contributed by atoms with Crippen LogP contribution >= 0.6 is 0 Å². The van der Waals surface area contributed by atoms with Crippen molar-refractivity contribution in [2.75, 3.05) is 20.6 Å². The number of ether oxygens (including phenoxy) is 2. The van der Waals surface area contributed by atoms with Crippen molar-refractivity contribution in [3.8, 4) is 0 Å². The Kier molecular flexibility index (Phi) is 26.5. The molecule has 2 aliphatic rings. The van der Waals surface area contributed by atoms with E-state index < -0.39 is 5.79 Å². The maximum Gasteiger partial charge on any atom is 0.169 e. The van der Waals surface area contributed by atoms with Crippen molar-refractivity contribution in [3.63, 3.8) is 0 Å². The van der Waals surface area contributed by atoms with Crippen LogP contribution in [0, 0.1) is 5.92 Å². The van der Waals surface area contributed by atoms with Gasteiger partial charge < -0.3 is 14.4 Å². The molecule has 4 heteroatoms. The second-order valence-corrected chi connectivity index (χ2v) is 15.5. The van der Waals surface area contributed by atoms with Crippen LogP contribution in [0.1, 0.15) is 181 Å². The van der Waals surface area contributed by atoms with Crippen LogP contribution in [-0.2, 0) is 14.3 Å². The van der Waals surface area contributed by atoms with Gasteiger partial charge in [0.05, 0.1) is 12.2 Å². The molecule has 4 nitrogen and oxygen atoms in total. The Labute approximate surface area is 310 Å². The Bertz CT molecular complexity index is 962. The summed E-state index contributed by atoms with van der Waals surface area (Å²) in [4.78, 5) is 14.7. The molecule has 0 aromatic rings. The number of fused-ring (bicyclic) bond motifs is 1. The van der Waals surface area contributed by atoms with Gasteiger partial charge in [0.25, 0.3) is 0 Å². The molecule has 1 saturated carbocycles. The van der Waals surface area contributed by atoms with E-state index in [1.807, 2.05) is 14.1 Å². The van der Waals surface area contributed by atoms with E-state index in [9.17, 15) is 4.79 Å². The molecule has 1 aliphatic carbocycles. The van der Waals surface area contributed by atoms with Crippen LogP contribution in [0.25, 0.3) is 0 Å². The molecule has 286 valence electrons. The van der Waals surface area contributed by atoms with Crippen molar-refractivity contribution >= 4 is 5.78 Å². The third-order valence-electron chi connectivity index (χ3n) is 10.4. The molecule has 0 aromatic heterocycles. The van der Waals surface area contributed by atoms with Crippen molar-refractivity contribution in [2.24, 2.45) is 5.92 Å². The van der Waals surface area contributed by atoms with Crippen LogP contribution in [0.15, 0.2) is 60.8 Å². The normalized spacial score (nSPS) is 22.6. The summed E-state index contributed by atoms with van der Waals surface area (Å²) < 4.78 is 13.7. The number of allylic oxidation sites excluding steroid dienone is 10. The summed E-state index contributed by atoms with van der Waals surface area (Å²) in [6.07, 6.45) is 53.4. The molecule has 2 fully saturated rings. The highest BCUT2D eigenvalue weighted by atomic mass is 16.8. The van der Waals surface area contributed by atoms with Crippen LogP contribution in [0.3, 0.4) is 0 Å². The predicted octanol–water partition coefficient (Wildman–Crippen LogP) is 13.2. The molecule has 0 aromatic carbocycles. The lowest BCUT2D eigenvalue weighted by molar-refractivity contribution is -0.193. The smallest absolute Gasteiger partial charge is 0.169 e. The SMILES string of the molecule is C/C=C\C/C=C\C/C=C\CCCCCCCCC1(CCCCCCCC/C=C\C/C=C\CCCC)O[C@H]2CC(CC(=O)CCN(C)C)C[C@H]2O1. The van der Waals surface area contributed by atoms with Gasteiger partial charge in [-0.05, 0) is 104 Å². The molecule has 1 saturated heterocycles. The number of unbranched alkanes of at least 4 members (excludes halogenated alkanes) is 14. The van der Waals surface area contributed by atoms with Crippen LogP contribution in [0.4, 0.5) is 0 Å². The van der Waals surface area contributed by atoms with E-state index in [-0.39, 0.29) is 12.2 Å². The highest BCUT2D eigenvalue weighted by Gasteiger charge is 2.51. The lowest BCUT2D eigenvalue weighted by Crippen LogP contribution is -2.32. The van der Waals surface area contributed by atoms with Gasteiger partial charge in [0.2, 0.25) is 0 Å². The fourth-order valence-electron chi connectivity index (χ4n) is 7.44. The van der Waals surface area contributed by atoms with Crippen LogP contribution in [0.2, 0.25) is 0 Å². The third-order valence-corrected chi connectivity index (χ3v) is 10.4. The maximum absolute atomic E-state index is 12.6. The van der Waals surface area contributed by atoms with Crippen molar-refractivity contribution in [1.82, 2.24) is 4.90 Å². The zero-order valence-electron chi connectivity index (χ0n) is 33.3. The van der Waals surface area contributed by atoms with Crippen molar-refractivity contribution < 1.29 is 14.3 Å². The second-order valence-electron chi connectivity index (χ2n) is 15.5. The summed E-state index contributed by atoms with van der Waals surface area (Å²) in [5.74, 6) is 0.422. The molecule has 2 rings (SSSR count). The van der Waals surface area contributed by atoms with Gasteiger partial charge in [-0.3, -0.25) is 4.79 Å². The predicted molar refractivity (Wildman–Crippen MR) is 217 cm³/mol. The fraction of sp³-hybridized carbons (Fsp3) is 0.761. The second kappa shape index (κ2) is 29.8. The summed E-state index contributed by atoms with van der Waals surface area (Å²) in [6.45, 7) is 5.17. The fourth-order valence-corrected chi connectivity index (χ4v) is 7.44. The number of hydrogen-bond acceptors (Lipinski definition) is 4. The van der Waals surface area contributed by atoms with Gasteiger partial charge in [-0.1, -0.05) is 132 Å². The largest absolute Gasteiger partial charge is 0.344 e. The third kappa shape index (κ3) is 22.2. The first kappa shape index (κ1) is 44.4. The quantitative estimate of drug-likeness (QED) is 0.0519. The number of hydrogen-bond donors (Lipinski definition) is 0. The molecule has 0 bridgehead atoms. The summed E-state index contributed by atoms with van der Waals surface area (Å²) in [7, 11) is 4.08. The van der Waals surface area contributed by atoms with Crippen molar-refractivity contribution in [1.29, 1.82) is 0 Å². The number of ketones is 1. The molecule has 0 spiro atoms. The molecular weight excluding hydrogens is 615 g/mol. The van der Waals surface area contributed by atoms with Crippen LogP contribution in [-0.4, -0.2) is 49.3 Å². The Hall–Kier alpha value is -1.75. The minimum atomic E-state index is -0.392. The van der Waals surface area contributed by atoms with E-state index in [4.69, 9.17) is 9.47 Å². The van der Waals surface area contributed by atoms with E-state index in [0.29, 0.717) is 24.5 Å². The molecule has 0 N–H and O–H groups in total. The monoisotopic (exact) mass is 694 g/mol. The average molecular weight is 694 g/mol. The van der Waals surface area contributed by atoms with Gasteiger partial charge in [-0.25, -0.2) is 0 Å². The first-order valence-corrected chi connectivity index (χ1v) is 21.2. The molecule has 0 amide bonds. The first-order valence-electron chi connectivity index (χ1n) is 21.2. The lowest BCUT2D eigenvalue weighted by Gasteiger charge is -2.30. The van der Waals surface area contributed by atoms with E-state index in [0.717, 1.165) is 51.5 Å². The topological polar surface area (TPSA) is 38.8 Å². The Morgan fingerprint density at radius 3 is 1.54 bits per heavy atom. The molecule has 50 heavy (non-hydrogen) atoms. The molecule has 2 unspecified atom stereocenters. The number of carbonyl (C=O) groups excluding carboxylic acids is 1. The summed E-state index contributed by atoms with van der Waals surface area (Å²) >= 11 is 0. The van der Waals surface area contributed by atoms with Gasteiger partial charge in [0.15, 0.2) is 5.79 Å². The Balaban J connectivity index is 1.66. The van der Waals surface area contributed by atoms with Gasteiger partial charge in [0.1, 0.15) is 5.78 Å². The van der Waals surface area contributed by atoms with Crippen LogP contribution < -0.4 is 0 Å². The minimum absolute atomic E-state index is 0.179. The molecule has 1 heterocycles. The summed E-state index contributed by atoms with van der Waals surface area (Å²) in [5, 5.41) is 0. The average Bonchev–Trinajstić information content (AvgIpc) is 3.62. The lowest BCUT2D eigenvalue weighted by atomic mass is 9.97. The Morgan fingerprint density at radius 1 is 0.620 bits per heavy atom. The number of nitrogens with zero attached hydrogens (tertiary/aromatic N) is 1.